The zero-order valence-electron chi connectivity index (χ0n) is 17.0. The number of rotatable bonds is 3. The second-order valence-corrected chi connectivity index (χ2v) is 8.54. The first kappa shape index (κ1) is 21.4. The lowest BCUT2D eigenvalue weighted by atomic mass is 10.2. The number of imidazole rings is 2. The molecule has 1 aliphatic rings. The van der Waals surface area contributed by atoms with Gasteiger partial charge in [-0.15, -0.1) is 11.8 Å². The van der Waals surface area contributed by atoms with Crippen molar-refractivity contribution in [2.45, 2.75) is 37.0 Å². The average molecular weight is 450 g/mol. The van der Waals surface area contributed by atoms with E-state index in [1.54, 1.807) is 35.5 Å². The lowest BCUT2D eigenvalue weighted by Gasteiger charge is -2.05. The van der Waals surface area contributed by atoms with Gasteiger partial charge in [0.2, 0.25) is 0 Å². The minimum Gasteiger partial charge on any atom is -0.399 e. The Labute approximate surface area is 180 Å². The molecule has 0 spiro atoms. The van der Waals surface area contributed by atoms with Crippen molar-refractivity contribution in [3.8, 4) is 11.5 Å². The summed E-state index contributed by atoms with van der Waals surface area (Å²) >= 11 is 1.57. The molecule has 7 nitrogen and oxygen atoms in total. The van der Waals surface area contributed by atoms with Gasteiger partial charge in [0, 0.05) is 37.2 Å². The van der Waals surface area contributed by atoms with Gasteiger partial charge in [-0.2, -0.15) is 13.2 Å². The predicted octanol–water partition coefficient (Wildman–Crippen LogP) is 4.10. The maximum atomic E-state index is 13.0. The molecule has 11 heteroatoms. The number of alkyl halides is 3. The normalized spacial score (nSPS) is 14.1. The number of nitrogen functional groups attached to an aromatic ring is 1. The van der Waals surface area contributed by atoms with Crippen molar-refractivity contribution in [2.24, 2.45) is 12.8 Å². The molecule has 0 saturated heterocycles. The number of fused-ring (bicyclic) bond motifs is 2. The number of thioether (sulfide) groups is 1. The van der Waals surface area contributed by atoms with Gasteiger partial charge in [-0.25, -0.2) is 15.0 Å². The van der Waals surface area contributed by atoms with Gasteiger partial charge in [0.15, 0.2) is 11.5 Å². The Morgan fingerprint density at radius 3 is 2.55 bits per heavy atom. The molecular weight excluding hydrogens is 427 g/mol. The SMILES string of the molecule is CCSc1c(-c2nc3cc(C(F)(F)F)cnc3n2C)nc2cc(N)ccn12.NC1CC1. The van der Waals surface area contributed by atoms with Gasteiger partial charge in [-0.1, -0.05) is 6.92 Å². The van der Waals surface area contributed by atoms with E-state index < -0.39 is 11.7 Å². The third-order valence-electron chi connectivity index (χ3n) is 4.76. The predicted molar refractivity (Wildman–Crippen MR) is 116 cm³/mol. The summed E-state index contributed by atoms with van der Waals surface area (Å²) in [7, 11) is 1.71. The number of halogens is 3. The Bertz CT molecular complexity index is 1240. The third-order valence-corrected chi connectivity index (χ3v) is 5.71. The highest BCUT2D eigenvalue weighted by atomic mass is 32.2. The highest BCUT2D eigenvalue weighted by molar-refractivity contribution is 7.99. The maximum Gasteiger partial charge on any atom is 0.417 e. The summed E-state index contributed by atoms with van der Waals surface area (Å²) in [5.74, 6) is 1.25. The molecular formula is C20H22F3N7S. The molecule has 0 bridgehead atoms. The fourth-order valence-electron chi connectivity index (χ4n) is 3.00. The molecule has 4 aromatic rings. The lowest BCUT2D eigenvalue weighted by molar-refractivity contribution is -0.137. The van der Waals surface area contributed by atoms with E-state index in [1.807, 2.05) is 17.5 Å². The molecule has 0 unspecified atom stereocenters. The van der Waals surface area contributed by atoms with E-state index in [0.717, 1.165) is 23.0 Å². The Hall–Kier alpha value is -2.79. The molecule has 0 atom stereocenters. The van der Waals surface area contributed by atoms with Gasteiger partial charge in [0.1, 0.15) is 21.9 Å². The van der Waals surface area contributed by atoms with E-state index in [9.17, 15) is 13.2 Å². The fourth-order valence-corrected chi connectivity index (χ4v) is 3.84. The van der Waals surface area contributed by atoms with Gasteiger partial charge in [-0.3, -0.25) is 4.40 Å². The van der Waals surface area contributed by atoms with Gasteiger partial charge < -0.3 is 16.0 Å². The van der Waals surface area contributed by atoms with Crippen LogP contribution in [0.5, 0.6) is 0 Å². The number of anilines is 1. The number of aromatic nitrogens is 5. The lowest BCUT2D eigenvalue weighted by Crippen LogP contribution is -2.05. The van der Waals surface area contributed by atoms with Gasteiger partial charge >= 0.3 is 6.18 Å². The van der Waals surface area contributed by atoms with Crippen molar-refractivity contribution in [1.82, 2.24) is 23.9 Å². The van der Waals surface area contributed by atoms with E-state index >= 15 is 0 Å². The van der Waals surface area contributed by atoms with Crippen molar-refractivity contribution in [1.29, 1.82) is 0 Å². The van der Waals surface area contributed by atoms with Crippen LogP contribution in [-0.4, -0.2) is 35.7 Å². The molecule has 164 valence electrons. The molecule has 1 saturated carbocycles. The Balaban J connectivity index is 0.000000520. The molecule has 4 N–H and O–H groups in total. The molecule has 0 amide bonds. The van der Waals surface area contributed by atoms with E-state index in [0.29, 0.717) is 34.5 Å². The minimum atomic E-state index is -4.47. The number of nitrogens with two attached hydrogens (primary N) is 2. The standard InChI is InChI=1S/C17H15F3N6S.C3H7N/c1-3-27-16-13(24-12-7-10(21)4-5-26(12)16)15-23-11-6-9(17(18,19)20)8-22-14(11)25(15)2;4-3-1-2-3/h4-8H,3,21H2,1-2H3;3H,1-2,4H2. The largest absolute Gasteiger partial charge is 0.417 e. The second kappa shape index (κ2) is 8.04. The quantitative estimate of drug-likeness (QED) is 0.457. The van der Waals surface area contributed by atoms with E-state index in [2.05, 4.69) is 15.0 Å². The molecule has 1 fully saturated rings. The van der Waals surface area contributed by atoms with Crippen LogP contribution in [0.15, 0.2) is 35.6 Å². The summed E-state index contributed by atoms with van der Waals surface area (Å²) in [6, 6.07) is 5.10. The molecule has 4 aromatic heterocycles. The van der Waals surface area contributed by atoms with Gasteiger partial charge in [-0.05, 0) is 30.7 Å². The third kappa shape index (κ3) is 4.33. The number of hydrogen-bond acceptors (Lipinski definition) is 6. The van der Waals surface area contributed by atoms with E-state index in [-0.39, 0.29) is 5.52 Å². The van der Waals surface area contributed by atoms with Gasteiger partial charge in [0.25, 0.3) is 0 Å². The minimum absolute atomic E-state index is 0.173. The van der Waals surface area contributed by atoms with Crippen molar-refractivity contribution in [2.75, 3.05) is 11.5 Å². The summed E-state index contributed by atoms with van der Waals surface area (Å²) in [6.07, 6.45) is 0.699. The number of nitrogens with zero attached hydrogens (tertiary/aromatic N) is 5. The zero-order chi connectivity index (χ0) is 22.3. The van der Waals surface area contributed by atoms with E-state index in [1.165, 1.54) is 12.8 Å². The summed E-state index contributed by atoms with van der Waals surface area (Å²) in [5.41, 5.74) is 12.6. The zero-order valence-corrected chi connectivity index (χ0v) is 17.8. The summed E-state index contributed by atoms with van der Waals surface area (Å²) in [5, 5.41) is 0.849. The van der Waals surface area contributed by atoms with Crippen molar-refractivity contribution in [3.63, 3.8) is 0 Å². The fraction of sp³-hybridized carbons (Fsp3) is 0.350. The number of aryl methyl sites for hydroxylation is 1. The molecule has 1 aliphatic carbocycles. The van der Waals surface area contributed by atoms with Crippen LogP contribution in [0.2, 0.25) is 0 Å². The summed E-state index contributed by atoms with van der Waals surface area (Å²) in [6.45, 7) is 2.01. The van der Waals surface area contributed by atoms with Crippen LogP contribution < -0.4 is 11.5 Å². The molecule has 0 aromatic carbocycles. The Morgan fingerprint density at radius 2 is 1.94 bits per heavy atom. The Kier molecular flexibility index (Phi) is 5.56. The van der Waals surface area contributed by atoms with Gasteiger partial charge in [0.05, 0.1) is 5.56 Å². The number of pyridine rings is 2. The highest BCUT2D eigenvalue weighted by Gasteiger charge is 2.32. The van der Waals surface area contributed by atoms with Crippen LogP contribution in [0.4, 0.5) is 18.9 Å². The first-order valence-electron chi connectivity index (χ1n) is 9.75. The van der Waals surface area contributed by atoms with Crippen molar-refractivity contribution in [3.05, 3.63) is 36.2 Å². The van der Waals surface area contributed by atoms with Crippen LogP contribution >= 0.6 is 11.8 Å². The summed E-state index contributed by atoms with van der Waals surface area (Å²) in [4.78, 5) is 13.0. The molecule has 31 heavy (non-hydrogen) atoms. The first-order valence-corrected chi connectivity index (χ1v) is 10.7. The molecule has 5 rings (SSSR count). The molecule has 0 aliphatic heterocycles. The summed E-state index contributed by atoms with van der Waals surface area (Å²) < 4.78 is 42.5. The maximum absolute atomic E-state index is 13.0. The van der Waals surface area contributed by atoms with Crippen LogP contribution in [-0.2, 0) is 13.2 Å². The smallest absolute Gasteiger partial charge is 0.399 e. The molecule has 4 heterocycles. The van der Waals surface area contributed by atoms with E-state index in [4.69, 9.17) is 11.5 Å². The highest BCUT2D eigenvalue weighted by Crippen LogP contribution is 2.35. The topological polar surface area (TPSA) is 100 Å². The first-order chi connectivity index (χ1) is 14.7. The second-order valence-electron chi connectivity index (χ2n) is 7.28. The van der Waals surface area contributed by atoms with Crippen LogP contribution in [0, 0.1) is 0 Å². The van der Waals surface area contributed by atoms with Crippen LogP contribution in [0.3, 0.4) is 0 Å². The van der Waals surface area contributed by atoms with Crippen LogP contribution in [0.1, 0.15) is 25.3 Å². The van der Waals surface area contributed by atoms with Crippen molar-refractivity contribution < 1.29 is 13.2 Å². The average Bonchev–Trinajstić information content (AvgIpc) is 3.32. The van der Waals surface area contributed by atoms with Crippen molar-refractivity contribution >= 4 is 34.3 Å². The monoisotopic (exact) mass is 449 g/mol. The molecule has 0 radical (unpaired) electrons. The number of hydrogen-bond donors (Lipinski definition) is 2. The Morgan fingerprint density at radius 1 is 1.23 bits per heavy atom. The van der Waals surface area contributed by atoms with Crippen LogP contribution in [0.25, 0.3) is 28.3 Å².